The molecule has 0 unspecified atom stereocenters. The maximum Gasteiger partial charge on any atom is 0.170 e. The number of aromatic nitrogens is 4. The molecule has 27 heavy (non-hydrogen) atoms. The molecule has 0 saturated heterocycles. The Balaban J connectivity index is 1.71. The largest absolute Gasteiger partial charge is 0.330 e. The van der Waals surface area contributed by atoms with E-state index >= 15 is 0 Å². The van der Waals surface area contributed by atoms with Gasteiger partial charge in [-0.05, 0) is 37.2 Å². The van der Waals surface area contributed by atoms with E-state index in [-0.39, 0.29) is 17.0 Å². The van der Waals surface area contributed by atoms with Gasteiger partial charge in [0, 0.05) is 24.2 Å². The van der Waals surface area contributed by atoms with Crippen molar-refractivity contribution in [1.29, 1.82) is 0 Å². The van der Waals surface area contributed by atoms with Gasteiger partial charge in [0.25, 0.3) is 0 Å². The van der Waals surface area contributed by atoms with Gasteiger partial charge in [-0.25, -0.2) is 9.97 Å². The lowest BCUT2D eigenvalue weighted by molar-refractivity contribution is 0.0992. The highest BCUT2D eigenvalue weighted by atomic mass is 35.5. The van der Waals surface area contributed by atoms with E-state index in [1.807, 2.05) is 30.7 Å². The Kier molecular flexibility index (Phi) is 3.38. The van der Waals surface area contributed by atoms with Crippen molar-refractivity contribution in [3.8, 4) is 11.4 Å². The van der Waals surface area contributed by atoms with Gasteiger partial charge in [-0.3, -0.25) is 9.78 Å². The maximum atomic E-state index is 12.8. The molecule has 0 bridgehead atoms. The van der Waals surface area contributed by atoms with Gasteiger partial charge in [0.1, 0.15) is 5.82 Å². The molecule has 0 N–H and O–H groups in total. The predicted octanol–water partition coefficient (Wildman–Crippen LogP) is 4.42. The fourth-order valence-corrected chi connectivity index (χ4v) is 2.98. The Bertz CT molecular complexity index is 1340. The second-order valence-corrected chi connectivity index (χ2v) is 6.48. The minimum absolute atomic E-state index is 0.172. The molecular weight excluding hydrogens is 360 g/mol. The smallest absolute Gasteiger partial charge is 0.170 e. The lowest BCUT2D eigenvalue weighted by Crippen LogP contribution is -2.06. The van der Waals surface area contributed by atoms with Gasteiger partial charge in [-0.2, -0.15) is 0 Å². The highest BCUT2D eigenvalue weighted by Crippen LogP contribution is 2.22. The molecule has 6 heteroatoms. The van der Waals surface area contributed by atoms with E-state index in [9.17, 15) is 4.79 Å². The number of carbonyl (C=O) groups excluding carboxylic acids is 1. The van der Waals surface area contributed by atoms with Gasteiger partial charge in [-0.15, -0.1) is 0 Å². The SMILES string of the molecule is [2H]c1c([2H])c([2H])c(C(=O)Cc2cc3nc(-c4cnc(C)n4C)ccc3cn2)c(Cl)c1[2H]. The highest BCUT2D eigenvalue weighted by Gasteiger charge is 2.13. The fraction of sp³-hybridized carbons (Fsp3) is 0.143. The standard InChI is InChI=1S/C21H17ClN4O/c1-13-23-12-20(26(13)2)18-8-7-14-11-24-15(9-19(14)25-18)10-21(27)16-5-3-4-6-17(16)22/h3-9,11-12H,10H2,1-2H3/i3D,4D,5D,6D. The van der Waals surface area contributed by atoms with E-state index in [1.54, 1.807) is 18.5 Å². The Morgan fingerprint density at radius 2 is 2.04 bits per heavy atom. The van der Waals surface area contributed by atoms with Crippen LogP contribution >= 0.6 is 11.6 Å². The Morgan fingerprint density at radius 1 is 1.22 bits per heavy atom. The number of Topliss-reactive ketones (excluding diaryl/α,β-unsaturated/α-hetero) is 1. The predicted molar refractivity (Wildman–Crippen MR) is 106 cm³/mol. The summed E-state index contributed by atoms with van der Waals surface area (Å²) in [5.74, 6) is 0.324. The molecule has 134 valence electrons. The number of benzene rings is 1. The van der Waals surface area contributed by atoms with Crippen molar-refractivity contribution in [3.05, 3.63) is 76.9 Å². The van der Waals surface area contributed by atoms with Crippen LogP contribution in [0.5, 0.6) is 0 Å². The third-order valence-corrected chi connectivity index (χ3v) is 4.66. The summed E-state index contributed by atoms with van der Waals surface area (Å²) in [6.45, 7) is 1.90. The Labute approximate surface area is 167 Å². The molecule has 3 aromatic heterocycles. The molecule has 0 aliphatic carbocycles. The van der Waals surface area contributed by atoms with E-state index in [0.29, 0.717) is 11.2 Å². The van der Waals surface area contributed by atoms with E-state index < -0.39 is 30.0 Å². The molecule has 1 aromatic carbocycles. The molecule has 0 saturated carbocycles. The summed E-state index contributed by atoms with van der Waals surface area (Å²) < 4.78 is 33.2. The first-order valence-corrected chi connectivity index (χ1v) is 8.60. The van der Waals surface area contributed by atoms with Crippen LogP contribution in [0.15, 0.2) is 54.8 Å². The Hall–Kier alpha value is -3.05. The molecular formula is C21H17ClN4O. The van der Waals surface area contributed by atoms with Crippen molar-refractivity contribution >= 4 is 28.3 Å². The minimum Gasteiger partial charge on any atom is -0.330 e. The van der Waals surface area contributed by atoms with Crippen molar-refractivity contribution in [1.82, 2.24) is 19.5 Å². The number of hydrogen-bond donors (Lipinski definition) is 0. The number of rotatable bonds is 4. The van der Waals surface area contributed by atoms with Gasteiger partial charge in [-0.1, -0.05) is 23.7 Å². The third kappa shape index (κ3) is 3.34. The van der Waals surface area contributed by atoms with Crippen molar-refractivity contribution < 1.29 is 10.3 Å². The van der Waals surface area contributed by atoms with Crippen LogP contribution in [0.25, 0.3) is 22.3 Å². The number of pyridine rings is 2. The number of halogens is 1. The fourth-order valence-electron chi connectivity index (χ4n) is 2.78. The summed E-state index contributed by atoms with van der Waals surface area (Å²) in [5.41, 5.74) is 2.43. The molecule has 4 rings (SSSR count). The van der Waals surface area contributed by atoms with E-state index in [2.05, 4.69) is 15.0 Å². The molecule has 5 nitrogen and oxygen atoms in total. The number of fused-ring (bicyclic) bond motifs is 1. The van der Waals surface area contributed by atoms with Crippen molar-refractivity contribution in [2.24, 2.45) is 7.05 Å². The maximum absolute atomic E-state index is 12.8. The molecule has 3 heterocycles. The zero-order chi connectivity index (χ0) is 22.4. The minimum atomic E-state index is -0.540. The van der Waals surface area contributed by atoms with E-state index in [0.717, 1.165) is 22.6 Å². The van der Waals surface area contributed by atoms with Crippen LogP contribution in [0.3, 0.4) is 0 Å². The molecule has 0 fully saturated rings. The van der Waals surface area contributed by atoms with Gasteiger partial charge >= 0.3 is 0 Å². The average Bonchev–Trinajstić information content (AvgIpc) is 3.09. The van der Waals surface area contributed by atoms with Crippen LogP contribution < -0.4 is 0 Å². The molecule has 0 aliphatic heterocycles. The lowest BCUT2D eigenvalue weighted by Gasteiger charge is -2.07. The molecule has 0 aliphatic rings. The lowest BCUT2D eigenvalue weighted by atomic mass is 10.1. The van der Waals surface area contributed by atoms with E-state index in [1.165, 1.54) is 0 Å². The summed E-state index contributed by atoms with van der Waals surface area (Å²) in [5, 5.41) is 0.516. The first-order valence-electron chi connectivity index (χ1n) is 10.2. The van der Waals surface area contributed by atoms with Crippen LogP contribution in [0.1, 0.15) is 27.4 Å². The van der Waals surface area contributed by atoms with Crippen molar-refractivity contribution in [2.45, 2.75) is 13.3 Å². The summed E-state index contributed by atoms with van der Waals surface area (Å²) in [7, 11) is 1.91. The summed E-state index contributed by atoms with van der Waals surface area (Å²) >= 11 is 6.06. The quantitative estimate of drug-likeness (QED) is 0.492. The van der Waals surface area contributed by atoms with E-state index in [4.69, 9.17) is 17.1 Å². The molecule has 0 atom stereocenters. The molecule has 0 spiro atoms. The second kappa shape index (κ2) is 6.93. The zero-order valence-electron chi connectivity index (χ0n) is 18.7. The summed E-state index contributed by atoms with van der Waals surface area (Å²) in [6, 6.07) is 3.60. The average molecular weight is 381 g/mol. The van der Waals surface area contributed by atoms with Crippen LogP contribution in [0.2, 0.25) is 5.02 Å². The number of ketones is 1. The van der Waals surface area contributed by atoms with Gasteiger partial charge in [0.15, 0.2) is 5.78 Å². The number of nitrogens with zero attached hydrogens (tertiary/aromatic N) is 4. The highest BCUT2D eigenvalue weighted by molar-refractivity contribution is 6.34. The molecule has 0 amide bonds. The number of carbonyl (C=O) groups is 1. The third-order valence-electron chi connectivity index (χ3n) is 4.38. The normalized spacial score (nSPS) is 13.1. The van der Waals surface area contributed by atoms with Crippen LogP contribution in [0, 0.1) is 6.92 Å². The molecule has 4 aromatic rings. The topological polar surface area (TPSA) is 60.7 Å². The summed E-state index contributed by atoms with van der Waals surface area (Å²) in [4.78, 5) is 26.1. The van der Waals surface area contributed by atoms with Gasteiger partial charge in [0.2, 0.25) is 0 Å². The van der Waals surface area contributed by atoms with Gasteiger partial charge < -0.3 is 4.57 Å². The van der Waals surface area contributed by atoms with Crippen LogP contribution in [-0.4, -0.2) is 25.3 Å². The first-order chi connectivity index (χ1) is 14.7. The summed E-state index contributed by atoms with van der Waals surface area (Å²) in [6.07, 6.45) is 3.19. The molecule has 0 radical (unpaired) electrons. The van der Waals surface area contributed by atoms with Crippen molar-refractivity contribution in [3.63, 3.8) is 0 Å². The number of imidazole rings is 1. The number of hydrogen-bond acceptors (Lipinski definition) is 4. The zero-order valence-corrected chi connectivity index (χ0v) is 15.4. The van der Waals surface area contributed by atoms with Crippen LogP contribution in [-0.2, 0) is 13.5 Å². The monoisotopic (exact) mass is 380 g/mol. The van der Waals surface area contributed by atoms with Gasteiger partial charge in [0.05, 0.1) is 45.7 Å². The second-order valence-electron chi connectivity index (χ2n) is 6.10. The van der Waals surface area contributed by atoms with Crippen molar-refractivity contribution in [2.75, 3.05) is 0 Å². The Morgan fingerprint density at radius 3 is 2.81 bits per heavy atom. The first kappa shape index (κ1) is 13.2. The van der Waals surface area contributed by atoms with Crippen LogP contribution in [0.4, 0.5) is 0 Å². The number of aryl methyl sites for hydroxylation is 1.